The molecule has 0 aliphatic rings. The molecule has 0 aliphatic carbocycles. The van der Waals surface area contributed by atoms with Crippen LogP contribution in [-0.2, 0) is 0 Å². The van der Waals surface area contributed by atoms with Gasteiger partial charge in [0.2, 0.25) is 5.82 Å². The summed E-state index contributed by atoms with van der Waals surface area (Å²) in [4.78, 5) is 29.9. The molecule has 0 fully saturated rings. The van der Waals surface area contributed by atoms with Crippen LogP contribution >= 0.6 is 0 Å². The van der Waals surface area contributed by atoms with Crippen LogP contribution in [0.5, 0.6) is 0 Å². The van der Waals surface area contributed by atoms with Crippen molar-refractivity contribution in [3.8, 4) is 0 Å². The van der Waals surface area contributed by atoms with E-state index in [2.05, 4.69) is 15.6 Å². The third-order valence-corrected chi connectivity index (χ3v) is 4.44. The molecule has 7 heteroatoms. The Morgan fingerprint density at radius 1 is 0.931 bits per heavy atom. The Morgan fingerprint density at radius 3 is 2.52 bits per heavy atom. The van der Waals surface area contributed by atoms with Crippen LogP contribution in [0, 0.1) is 12.7 Å². The summed E-state index contributed by atoms with van der Waals surface area (Å²) >= 11 is 0. The Labute approximate surface area is 166 Å². The minimum absolute atomic E-state index is 0.0276. The van der Waals surface area contributed by atoms with Crippen molar-refractivity contribution in [1.29, 1.82) is 0 Å². The maximum Gasteiger partial charge on any atom is 0.292 e. The van der Waals surface area contributed by atoms with E-state index < -0.39 is 17.6 Å². The molecule has 144 valence electrons. The van der Waals surface area contributed by atoms with Crippen LogP contribution in [-0.4, -0.2) is 21.2 Å². The highest BCUT2D eigenvalue weighted by Gasteiger charge is 2.22. The minimum Gasteiger partial charge on any atom is -0.320 e. The molecule has 29 heavy (non-hydrogen) atoms. The predicted octanol–water partition coefficient (Wildman–Crippen LogP) is 4.29. The molecule has 2 amide bonds. The van der Waals surface area contributed by atoms with Gasteiger partial charge >= 0.3 is 0 Å². The van der Waals surface area contributed by atoms with Crippen molar-refractivity contribution in [1.82, 2.24) is 9.38 Å². The lowest BCUT2D eigenvalue weighted by atomic mass is 10.2. The summed E-state index contributed by atoms with van der Waals surface area (Å²) in [6, 6.07) is 18.1. The first-order chi connectivity index (χ1) is 14.0. The van der Waals surface area contributed by atoms with Gasteiger partial charge in [-0.2, -0.15) is 0 Å². The van der Waals surface area contributed by atoms with Gasteiger partial charge in [-0.1, -0.05) is 30.3 Å². The fourth-order valence-electron chi connectivity index (χ4n) is 3.01. The number of amides is 2. The standard InChI is InChI=1S/C22H17FN4O2/c1-14-7-2-3-10-17(14)25-21(28)19-18-11-4-5-12-27(18)20(26-19)22(29)24-16-9-6-8-15(23)13-16/h2-13H,1H3,(H,24,29)(H,25,28). The lowest BCUT2D eigenvalue weighted by Gasteiger charge is -2.06. The molecular formula is C22H17FN4O2. The fraction of sp³-hybridized carbons (Fsp3) is 0.0455. The van der Waals surface area contributed by atoms with Gasteiger partial charge < -0.3 is 10.6 Å². The van der Waals surface area contributed by atoms with E-state index in [1.54, 1.807) is 36.5 Å². The summed E-state index contributed by atoms with van der Waals surface area (Å²) in [5, 5.41) is 5.44. The summed E-state index contributed by atoms with van der Waals surface area (Å²) in [6.45, 7) is 1.89. The smallest absolute Gasteiger partial charge is 0.292 e. The van der Waals surface area contributed by atoms with Crippen molar-refractivity contribution in [2.45, 2.75) is 6.92 Å². The van der Waals surface area contributed by atoms with Crippen molar-refractivity contribution in [3.63, 3.8) is 0 Å². The number of halogens is 1. The predicted molar refractivity (Wildman–Crippen MR) is 109 cm³/mol. The minimum atomic E-state index is -0.549. The Kier molecular flexibility index (Phi) is 4.78. The van der Waals surface area contributed by atoms with Crippen LogP contribution in [0.4, 0.5) is 15.8 Å². The number of carbonyl (C=O) groups is 2. The van der Waals surface area contributed by atoms with Gasteiger partial charge in [0, 0.05) is 17.6 Å². The quantitative estimate of drug-likeness (QED) is 0.548. The van der Waals surface area contributed by atoms with Crippen LogP contribution in [0.2, 0.25) is 0 Å². The summed E-state index contributed by atoms with van der Waals surface area (Å²) in [5.41, 5.74) is 2.49. The molecule has 0 radical (unpaired) electrons. The Bertz CT molecular complexity index is 1230. The molecular weight excluding hydrogens is 371 g/mol. The normalized spacial score (nSPS) is 10.7. The molecule has 0 saturated carbocycles. The molecule has 2 heterocycles. The number of nitrogens with one attached hydrogen (secondary N) is 2. The highest BCUT2D eigenvalue weighted by molar-refractivity contribution is 6.10. The van der Waals surface area contributed by atoms with E-state index in [0.29, 0.717) is 16.9 Å². The zero-order valence-corrected chi connectivity index (χ0v) is 15.5. The second-order valence-electron chi connectivity index (χ2n) is 6.47. The number of anilines is 2. The highest BCUT2D eigenvalue weighted by atomic mass is 19.1. The molecule has 0 bridgehead atoms. The summed E-state index contributed by atoms with van der Waals surface area (Å²) in [7, 11) is 0. The molecule has 0 atom stereocenters. The summed E-state index contributed by atoms with van der Waals surface area (Å²) in [6.07, 6.45) is 1.65. The molecule has 2 aromatic carbocycles. The number of aryl methyl sites for hydroxylation is 1. The third kappa shape index (κ3) is 3.70. The number of hydrogen-bond donors (Lipinski definition) is 2. The fourth-order valence-corrected chi connectivity index (χ4v) is 3.01. The summed E-state index contributed by atoms with van der Waals surface area (Å²) in [5.74, 6) is -1.41. The molecule has 4 rings (SSSR count). The van der Waals surface area contributed by atoms with Gasteiger partial charge in [-0.3, -0.25) is 14.0 Å². The SMILES string of the molecule is Cc1ccccc1NC(=O)c1nc(C(=O)Nc2cccc(F)c2)n2ccccc12. The van der Waals surface area contributed by atoms with E-state index in [1.807, 2.05) is 25.1 Å². The maximum absolute atomic E-state index is 13.4. The number of pyridine rings is 1. The molecule has 0 saturated heterocycles. The number of para-hydroxylation sites is 1. The molecule has 0 aliphatic heterocycles. The van der Waals surface area contributed by atoms with Crippen molar-refractivity contribution >= 4 is 28.7 Å². The maximum atomic E-state index is 13.4. The number of aromatic nitrogens is 2. The number of nitrogens with zero attached hydrogens (tertiary/aromatic N) is 2. The number of benzene rings is 2. The average Bonchev–Trinajstić information content (AvgIpc) is 3.10. The molecule has 0 unspecified atom stereocenters. The van der Waals surface area contributed by atoms with E-state index in [-0.39, 0.29) is 11.5 Å². The van der Waals surface area contributed by atoms with Crippen molar-refractivity contribution in [2.75, 3.05) is 10.6 Å². The van der Waals surface area contributed by atoms with E-state index in [4.69, 9.17) is 0 Å². The topological polar surface area (TPSA) is 75.5 Å². The van der Waals surface area contributed by atoms with Gasteiger partial charge in [0.1, 0.15) is 5.82 Å². The first-order valence-corrected chi connectivity index (χ1v) is 8.94. The Balaban J connectivity index is 1.69. The number of hydrogen-bond acceptors (Lipinski definition) is 3. The van der Waals surface area contributed by atoms with Crippen LogP contribution in [0.3, 0.4) is 0 Å². The van der Waals surface area contributed by atoms with Crippen molar-refractivity contribution in [3.05, 3.63) is 95.8 Å². The first-order valence-electron chi connectivity index (χ1n) is 8.94. The number of rotatable bonds is 4. The number of imidazole rings is 1. The van der Waals surface area contributed by atoms with Gasteiger partial charge in [0.25, 0.3) is 11.8 Å². The van der Waals surface area contributed by atoms with E-state index in [1.165, 1.54) is 22.6 Å². The largest absolute Gasteiger partial charge is 0.320 e. The second kappa shape index (κ2) is 7.55. The van der Waals surface area contributed by atoms with Crippen molar-refractivity contribution < 1.29 is 14.0 Å². The monoisotopic (exact) mass is 388 g/mol. The van der Waals surface area contributed by atoms with Gasteiger partial charge in [-0.05, 0) is 48.9 Å². The lowest BCUT2D eigenvalue weighted by Crippen LogP contribution is -2.16. The molecule has 4 aromatic rings. The van der Waals surface area contributed by atoms with Crippen LogP contribution in [0.25, 0.3) is 5.52 Å². The molecule has 2 N–H and O–H groups in total. The molecule has 2 aromatic heterocycles. The number of fused-ring (bicyclic) bond motifs is 1. The zero-order chi connectivity index (χ0) is 20.4. The average molecular weight is 388 g/mol. The van der Waals surface area contributed by atoms with E-state index in [0.717, 1.165) is 5.56 Å². The third-order valence-electron chi connectivity index (χ3n) is 4.44. The molecule has 0 spiro atoms. The Hall–Kier alpha value is -4.00. The van der Waals surface area contributed by atoms with Crippen LogP contribution in [0.15, 0.2) is 72.9 Å². The van der Waals surface area contributed by atoms with Gasteiger partial charge in [-0.25, -0.2) is 9.37 Å². The highest BCUT2D eigenvalue weighted by Crippen LogP contribution is 2.19. The van der Waals surface area contributed by atoms with E-state index in [9.17, 15) is 14.0 Å². The number of carbonyl (C=O) groups excluding carboxylic acids is 2. The molecule has 6 nitrogen and oxygen atoms in total. The van der Waals surface area contributed by atoms with Crippen LogP contribution in [0.1, 0.15) is 26.7 Å². The van der Waals surface area contributed by atoms with E-state index >= 15 is 0 Å². The zero-order valence-electron chi connectivity index (χ0n) is 15.5. The second-order valence-corrected chi connectivity index (χ2v) is 6.47. The first kappa shape index (κ1) is 18.4. The summed E-state index contributed by atoms with van der Waals surface area (Å²) < 4.78 is 14.9. The van der Waals surface area contributed by atoms with Gasteiger partial charge in [0.15, 0.2) is 5.69 Å². The van der Waals surface area contributed by atoms with Gasteiger partial charge in [0.05, 0.1) is 5.52 Å². The Morgan fingerprint density at radius 2 is 1.72 bits per heavy atom. The van der Waals surface area contributed by atoms with Gasteiger partial charge in [-0.15, -0.1) is 0 Å². The lowest BCUT2D eigenvalue weighted by molar-refractivity contribution is 0.101. The van der Waals surface area contributed by atoms with Crippen molar-refractivity contribution in [2.24, 2.45) is 0 Å². The van der Waals surface area contributed by atoms with Crippen LogP contribution < -0.4 is 10.6 Å².